The summed E-state index contributed by atoms with van der Waals surface area (Å²) in [4.78, 5) is 26.5. The van der Waals surface area contributed by atoms with Crippen LogP contribution in [-0.4, -0.2) is 18.7 Å². The van der Waals surface area contributed by atoms with Gasteiger partial charge < -0.3 is 0 Å². The van der Waals surface area contributed by atoms with Crippen LogP contribution < -0.4 is 11.2 Å². The Bertz CT molecular complexity index is 1540. The minimum Gasteiger partial charge on any atom is -0.272 e. The summed E-state index contributed by atoms with van der Waals surface area (Å²) in [6.07, 6.45) is 0. The first kappa shape index (κ1) is 19.0. The van der Waals surface area contributed by atoms with E-state index in [9.17, 15) is 14.0 Å². The van der Waals surface area contributed by atoms with Gasteiger partial charge in [0.05, 0.1) is 24.0 Å². The SMILES string of the molecule is Cc1ccc(Cn2c(=O)c3ccccc3n3c(=O)n(Cc4cccc(F)c4)nc23)cc1. The maximum absolute atomic E-state index is 13.6. The van der Waals surface area contributed by atoms with Crippen molar-refractivity contribution in [2.45, 2.75) is 20.0 Å². The van der Waals surface area contributed by atoms with Crippen LogP contribution in [-0.2, 0) is 13.1 Å². The van der Waals surface area contributed by atoms with E-state index in [1.54, 1.807) is 36.4 Å². The number of hydrogen-bond acceptors (Lipinski definition) is 3. The monoisotopic (exact) mass is 414 g/mol. The smallest absolute Gasteiger partial charge is 0.272 e. The van der Waals surface area contributed by atoms with E-state index >= 15 is 0 Å². The third kappa shape index (κ3) is 3.34. The Kier molecular flexibility index (Phi) is 4.51. The first-order valence-corrected chi connectivity index (χ1v) is 9.92. The Morgan fingerprint density at radius 2 is 1.65 bits per heavy atom. The minimum absolute atomic E-state index is 0.103. The molecule has 0 aliphatic rings. The fraction of sp³-hybridized carbons (Fsp3) is 0.125. The molecule has 0 bridgehead atoms. The Labute approximate surface area is 176 Å². The van der Waals surface area contributed by atoms with Crippen LogP contribution in [0.5, 0.6) is 0 Å². The van der Waals surface area contributed by atoms with Crippen LogP contribution in [0.2, 0.25) is 0 Å². The zero-order valence-corrected chi connectivity index (χ0v) is 16.8. The average Bonchev–Trinajstić information content (AvgIpc) is 3.08. The molecule has 2 aromatic heterocycles. The second-order valence-corrected chi connectivity index (χ2v) is 7.60. The van der Waals surface area contributed by atoms with Crippen LogP contribution in [0.3, 0.4) is 0 Å². The minimum atomic E-state index is -0.381. The van der Waals surface area contributed by atoms with Crippen molar-refractivity contribution in [3.05, 3.63) is 116 Å². The lowest BCUT2D eigenvalue weighted by Gasteiger charge is -2.10. The maximum Gasteiger partial charge on any atom is 0.352 e. The number of rotatable bonds is 4. The van der Waals surface area contributed by atoms with Crippen LogP contribution in [0.15, 0.2) is 82.4 Å². The lowest BCUT2D eigenvalue weighted by Crippen LogP contribution is -2.27. The van der Waals surface area contributed by atoms with Crippen molar-refractivity contribution in [3.8, 4) is 0 Å². The largest absolute Gasteiger partial charge is 0.352 e. The molecule has 3 aromatic carbocycles. The van der Waals surface area contributed by atoms with E-state index in [2.05, 4.69) is 5.10 Å². The quantitative estimate of drug-likeness (QED) is 0.453. The first-order valence-electron chi connectivity index (χ1n) is 9.92. The lowest BCUT2D eigenvalue weighted by molar-refractivity contribution is 0.615. The molecule has 5 rings (SSSR count). The van der Waals surface area contributed by atoms with Crippen molar-refractivity contribution in [2.75, 3.05) is 0 Å². The van der Waals surface area contributed by atoms with Crippen LogP contribution in [0.4, 0.5) is 4.39 Å². The molecule has 0 amide bonds. The van der Waals surface area contributed by atoms with Gasteiger partial charge in [-0.3, -0.25) is 9.36 Å². The third-order valence-corrected chi connectivity index (χ3v) is 5.37. The fourth-order valence-electron chi connectivity index (χ4n) is 3.80. The van der Waals surface area contributed by atoms with Crippen LogP contribution >= 0.6 is 0 Å². The van der Waals surface area contributed by atoms with Gasteiger partial charge in [-0.15, -0.1) is 5.10 Å². The predicted molar refractivity (Wildman–Crippen MR) is 117 cm³/mol. The van der Waals surface area contributed by atoms with Crippen LogP contribution in [0.1, 0.15) is 16.7 Å². The highest BCUT2D eigenvalue weighted by molar-refractivity contribution is 5.80. The molecule has 0 N–H and O–H groups in total. The van der Waals surface area contributed by atoms with Gasteiger partial charge in [-0.2, -0.15) is 0 Å². The summed E-state index contributed by atoms with van der Waals surface area (Å²) in [6.45, 7) is 2.38. The molecule has 0 radical (unpaired) electrons. The van der Waals surface area contributed by atoms with E-state index in [1.807, 2.05) is 31.2 Å². The van der Waals surface area contributed by atoms with E-state index < -0.39 is 0 Å². The van der Waals surface area contributed by atoms with Crippen molar-refractivity contribution < 1.29 is 4.39 Å². The molecule has 0 saturated heterocycles. The van der Waals surface area contributed by atoms with Crippen molar-refractivity contribution in [1.29, 1.82) is 0 Å². The van der Waals surface area contributed by atoms with E-state index in [-0.39, 0.29) is 35.9 Å². The molecule has 31 heavy (non-hydrogen) atoms. The third-order valence-electron chi connectivity index (χ3n) is 5.37. The number of aryl methyl sites for hydroxylation is 1. The number of benzene rings is 3. The fourth-order valence-corrected chi connectivity index (χ4v) is 3.80. The summed E-state index contributed by atoms with van der Waals surface area (Å²) in [5.41, 5.74) is 2.56. The van der Waals surface area contributed by atoms with Gasteiger partial charge in [0.15, 0.2) is 0 Å². The summed E-state index contributed by atoms with van der Waals surface area (Å²) < 4.78 is 17.8. The number of hydrogen-bond donors (Lipinski definition) is 0. The summed E-state index contributed by atoms with van der Waals surface area (Å²) in [7, 11) is 0. The van der Waals surface area contributed by atoms with Crippen LogP contribution in [0.25, 0.3) is 16.7 Å². The Balaban J connectivity index is 1.75. The highest BCUT2D eigenvalue weighted by Gasteiger charge is 2.17. The van der Waals surface area contributed by atoms with Crippen molar-refractivity contribution >= 4 is 16.7 Å². The van der Waals surface area contributed by atoms with E-state index in [0.717, 1.165) is 11.1 Å². The normalized spacial score (nSPS) is 11.4. The van der Waals surface area contributed by atoms with Gasteiger partial charge in [-0.1, -0.05) is 54.1 Å². The Morgan fingerprint density at radius 3 is 2.42 bits per heavy atom. The van der Waals surface area contributed by atoms with Gasteiger partial charge >= 0.3 is 5.69 Å². The molecule has 5 aromatic rings. The number of para-hydroxylation sites is 1. The molecule has 6 nitrogen and oxygen atoms in total. The molecule has 0 fully saturated rings. The van der Waals surface area contributed by atoms with Gasteiger partial charge in [0.25, 0.3) is 5.56 Å². The number of fused-ring (bicyclic) bond motifs is 3. The number of aromatic nitrogens is 4. The second kappa shape index (κ2) is 7.36. The first-order chi connectivity index (χ1) is 15.0. The summed E-state index contributed by atoms with van der Waals surface area (Å²) in [5.74, 6) is -0.123. The molecule has 0 spiro atoms. The highest BCUT2D eigenvalue weighted by atomic mass is 19.1. The van der Waals surface area contributed by atoms with E-state index in [4.69, 9.17) is 0 Å². The van der Waals surface area contributed by atoms with Gasteiger partial charge in [0.2, 0.25) is 5.78 Å². The molecule has 0 saturated carbocycles. The predicted octanol–water partition coefficient (Wildman–Crippen LogP) is 3.36. The highest BCUT2D eigenvalue weighted by Crippen LogP contribution is 2.13. The van der Waals surface area contributed by atoms with Crippen LogP contribution in [0, 0.1) is 12.7 Å². The standard InChI is InChI=1S/C24H19FN4O2/c1-16-9-11-17(12-10-16)14-27-22(30)20-7-2-3-8-21(20)29-23(27)26-28(24(29)31)15-18-5-4-6-19(25)13-18/h2-13H,14-15H2,1H3. The van der Waals surface area contributed by atoms with Crippen molar-refractivity contribution in [2.24, 2.45) is 0 Å². The molecular weight excluding hydrogens is 395 g/mol. The molecule has 0 aliphatic heterocycles. The molecule has 0 atom stereocenters. The number of halogens is 1. The summed E-state index contributed by atoms with van der Waals surface area (Å²) in [5, 5.41) is 4.91. The summed E-state index contributed by atoms with van der Waals surface area (Å²) in [6, 6.07) is 20.9. The van der Waals surface area contributed by atoms with Gasteiger partial charge in [0.1, 0.15) is 5.82 Å². The molecule has 2 heterocycles. The Hall–Kier alpha value is -4.00. The molecule has 7 heteroatoms. The van der Waals surface area contributed by atoms with Gasteiger partial charge in [-0.25, -0.2) is 18.3 Å². The van der Waals surface area contributed by atoms with Gasteiger partial charge in [0, 0.05) is 0 Å². The lowest BCUT2D eigenvalue weighted by atomic mass is 10.1. The van der Waals surface area contributed by atoms with Crippen molar-refractivity contribution in [3.63, 3.8) is 0 Å². The molecule has 154 valence electrons. The van der Waals surface area contributed by atoms with Gasteiger partial charge in [-0.05, 0) is 42.3 Å². The maximum atomic E-state index is 13.6. The molecule has 0 aliphatic carbocycles. The zero-order valence-electron chi connectivity index (χ0n) is 16.8. The van der Waals surface area contributed by atoms with E-state index in [0.29, 0.717) is 16.5 Å². The topological polar surface area (TPSA) is 61.3 Å². The van der Waals surface area contributed by atoms with E-state index in [1.165, 1.54) is 25.8 Å². The molecular formula is C24H19FN4O2. The Morgan fingerprint density at radius 1 is 0.871 bits per heavy atom. The second-order valence-electron chi connectivity index (χ2n) is 7.60. The average molecular weight is 414 g/mol. The van der Waals surface area contributed by atoms with Crippen molar-refractivity contribution in [1.82, 2.24) is 18.7 Å². The molecule has 0 unspecified atom stereocenters. The summed E-state index contributed by atoms with van der Waals surface area (Å²) >= 11 is 0. The number of nitrogens with zero attached hydrogens (tertiary/aromatic N) is 4. The zero-order chi connectivity index (χ0) is 21.5.